The van der Waals surface area contributed by atoms with E-state index >= 15 is 0 Å². The van der Waals surface area contributed by atoms with E-state index < -0.39 is 0 Å². The number of nitrogens with zero attached hydrogens (tertiary/aromatic N) is 2. The number of hydrogen-bond donors (Lipinski definition) is 2. The van der Waals surface area contributed by atoms with Gasteiger partial charge in [-0.15, -0.1) is 10.2 Å². The van der Waals surface area contributed by atoms with Crippen LogP contribution >= 0.6 is 11.3 Å². The highest BCUT2D eigenvalue weighted by Gasteiger charge is 2.20. The summed E-state index contributed by atoms with van der Waals surface area (Å²) in [4.78, 5) is 11.6. The van der Waals surface area contributed by atoms with E-state index in [9.17, 15) is 4.79 Å². The fourth-order valence-corrected chi connectivity index (χ4v) is 1.94. The Labute approximate surface area is 85.9 Å². The smallest absolute Gasteiger partial charge is 0.243 e. The van der Waals surface area contributed by atoms with Gasteiger partial charge in [0, 0.05) is 0 Å². The second kappa shape index (κ2) is 4.47. The molecule has 0 bridgehead atoms. The Morgan fingerprint density at radius 3 is 3.21 bits per heavy atom. The highest BCUT2D eigenvalue weighted by molar-refractivity contribution is 7.13. The summed E-state index contributed by atoms with van der Waals surface area (Å²) in [7, 11) is 0. The van der Waals surface area contributed by atoms with Gasteiger partial charge in [-0.25, -0.2) is 0 Å². The van der Waals surface area contributed by atoms with Gasteiger partial charge in [0.1, 0.15) is 5.51 Å². The van der Waals surface area contributed by atoms with Gasteiger partial charge >= 0.3 is 0 Å². The molecule has 2 rings (SSSR count). The average molecular weight is 212 g/mol. The third-order valence-electron chi connectivity index (χ3n) is 2.22. The van der Waals surface area contributed by atoms with E-state index in [1.54, 1.807) is 5.51 Å². The van der Waals surface area contributed by atoms with E-state index in [2.05, 4.69) is 20.8 Å². The van der Waals surface area contributed by atoms with E-state index in [1.165, 1.54) is 11.3 Å². The van der Waals surface area contributed by atoms with Crippen LogP contribution in [0.4, 0.5) is 5.13 Å². The van der Waals surface area contributed by atoms with Crippen LogP contribution in [0.2, 0.25) is 0 Å². The highest BCUT2D eigenvalue weighted by atomic mass is 32.1. The maximum absolute atomic E-state index is 11.6. The molecule has 5 nitrogen and oxygen atoms in total. The first-order valence-corrected chi connectivity index (χ1v) is 5.54. The number of aromatic nitrogens is 2. The van der Waals surface area contributed by atoms with Gasteiger partial charge in [-0.1, -0.05) is 17.8 Å². The Balaban J connectivity index is 1.88. The van der Waals surface area contributed by atoms with Gasteiger partial charge in [0.25, 0.3) is 0 Å². The molecule has 2 N–H and O–H groups in total. The molecule has 0 spiro atoms. The largest absolute Gasteiger partial charge is 0.306 e. The quantitative estimate of drug-likeness (QED) is 0.754. The van der Waals surface area contributed by atoms with Gasteiger partial charge in [-0.2, -0.15) is 0 Å². The van der Waals surface area contributed by atoms with Gasteiger partial charge in [0.2, 0.25) is 11.0 Å². The van der Waals surface area contributed by atoms with Crippen molar-refractivity contribution in [2.24, 2.45) is 0 Å². The summed E-state index contributed by atoms with van der Waals surface area (Å²) < 4.78 is 0. The van der Waals surface area contributed by atoms with E-state index in [0.717, 1.165) is 25.8 Å². The Morgan fingerprint density at radius 2 is 2.57 bits per heavy atom. The number of anilines is 1. The Morgan fingerprint density at radius 1 is 1.64 bits per heavy atom. The maximum atomic E-state index is 11.6. The van der Waals surface area contributed by atoms with Crippen LogP contribution in [0.3, 0.4) is 0 Å². The molecule has 76 valence electrons. The van der Waals surface area contributed by atoms with Gasteiger partial charge < -0.3 is 5.32 Å². The number of hydrogen-bond acceptors (Lipinski definition) is 5. The SMILES string of the molecule is O=C(Nc1nncs1)[C@@H]1CCCCN1. The van der Waals surface area contributed by atoms with Crippen molar-refractivity contribution < 1.29 is 4.79 Å². The van der Waals surface area contributed by atoms with Gasteiger partial charge in [0.15, 0.2) is 0 Å². The van der Waals surface area contributed by atoms with Crippen LogP contribution < -0.4 is 10.6 Å². The lowest BCUT2D eigenvalue weighted by molar-refractivity contribution is -0.118. The molecular weight excluding hydrogens is 200 g/mol. The summed E-state index contributed by atoms with van der Waals surface area (Å²) in [5.74, 6) is 0.00134. The van der Waals surface area contributed by atoms with Crippen molar-refractivity contribution in [2.45, 2.75) is 25.3 Å². The Hall–Kier alpha value is -1.01. The third kappa shape index (κ3) is 2.27. The second-order valence-electron chi connectivity index (χ2n) is 3.24. The average Bonchev–Trinajstić information content (AvgIpc) is 2.72. The van der Waals surface area contributed by atoms with Crippen molar-refractivity contribution >= 4 is 22.4 Å². The fourth-order valence-electron chi connectivity index (χ4n) is 1.50. The summed E-state index contributed by atoms with van der Waals surface area (Å²) >= 11 is 1.33. The molecule has 1 aromatic heterocycles. The van der Waals surface area contributed by atoms with Crippen molar-refractivity contribution in [3.8, 4) is 0 Å². The van der Waals surface area contributed by atoms with E-state index in [4.69, 9.17) is 0 Å². The molecule has 1 fully saturated rings. The lowest BCUT2D eigenvalue weighted by atomic mass is 10.0. The van der Waals surface area contributed by atoms with Crippen LogP contribution in [0.25, 0.3) is 0 Å². The minimum atomic E-state index is -0.0624. The first-order valence-electron chi connectivity index (χ1n) is 4.66. The van der Waals surface area contributed by atoms with Crippen molar-refractivity contribution in [3.05, 3.63) is 5.51 Å². The molecule has 1 saturated heterocycles. The lowest BCUT2D eigenvalue weighted by Crippen LogP contribution is -2.43. The summed E-state index contributed by atoms with van der Waals surface area (Å²) in [5.41, 5.74) is 1.60. The molecule has 0 aromatic carbocycles. The predicted octanol–water partition coefficient (Wildman–Crippen LogP) is 0.619. The third-order valence-corrected chi connectivity index (χ3v) is 2.82. The number of carbonyl (C=O) groups is 1. The molecule has 1 aliphatic rings. The van der Waals surface area contributed by atoms with Crippen molar-refractivity contribution in [1.29, 1.82) is 0 Å². The molecule has 1 aliphatic heterocycles. The second-order valence-corrected chi connectivity index (χ2v) is 4.07. The normalized spacial score (nSPS) is 21.9. The van der Waals surface area contributed by atoms with Gasteiger partial charge in [-0.05, 0) is 19.4 Å². The highest BCUT2D eigenvalue weighted by Crippen LogP contribution is 2.12. The molecule has 0 radical (unpaired) electrons. The number of piperidine rings is 1. The van der Waals surface area contributed by atoms with Gasteiger partial charge in [-0.3, -0.25) is 10.1 Å². The number of rotatable bonds is 2. The van der Waals surface area contributed by atoms with Crippen LogP contribution in [0.5, 0.6) is 0 Å². The zero-order chi connectivity index (χ0) is 9.80. The first kappa shape index (κ1) is 9.54. The lowest BCUT2D eigenvalue weighted by Gasteiger charge is -2.21. The zero-order valence-electron chi connectivity index (χ0n) is 7.69. The molecule has 14 heavy (non-hydrogen) atoms. The Kier molecular flexibility index (Phi) is 3.05. The van der Waals surface area contributed by atoms with Crippen LogP contribution in [0.15, 0.2) is 5.51 Å². The minimum Gasteiger partial charge on any atom is -0.306 e. The molecule has 0 unspecified atom stereocenters. The van der Waals surface area contributed by atoms with E-state index in [0.29, 0.717) is 5.13 Å². The summed E-state index contributed by atoms with van der Waals surface area (Å²) in [5, 5.41) is 13.9. The topological polar surface area (TPSA) is 66.9 Å². The zero-order valence-corrected chi connectivity index (χ0v) is 8.51. The summed E-state index contributed by atoms with van der Waals surface area (Å²) in [6.07, 6.45) is 3.18. The minimum absolute atomic E-state index is 0.00134. The Bertz CT molecular complexity index is 294. The van der Waals surface area contributed by atoms with Crippen LogP contribution in [0.1, 0.15) is 19.3 Å². The molecule has 2 heterocycles. The summed E-state index contributed by atoms with van der Waals surface area (Å²) in [6.45, 7) is 0.925. The van der Waals surface area contributed by atoms with Crippen molar-refractivity contribution in [1.82, 2.24) is 15.5 Å². The first-order chi connectivity index (χ1) is 6.86. The number of nitrogens with one attached hydrogen (secondary N) is 2. The van der Waals surface area contributed by atoms with Gasteiger partial charge in [0.05, 0.1) is 6.04 Å². The number of carbonyl (C=O) groups excluding carboxylic acids is 1. The molecule has 6 heteroatoms. The number of amides is 1. The predicted molar refractivity (Wildman–Crippen MR) is 54.2 cm³/mol. The molecule has 0 aliphatic carbocycles. The molecule has 1 aromatic rings. The van der Waals surface area contributed by atoms with Crippen LogP contribution in [-0.2, 0) is 4.79 Å². The van der Waals surface area contributed by atoms with Crippen molar-refractivity contribution in [2.75, 3.05) is 11.9 Å². The molecule has 1 atom stereocenters. The van der Waals surface area contributed by atoms with Crippen LogP contribution in [-0.4, -0.2) is 28.7 Å². The molecular formula is C8H12N4OS. The van der Waals surface area contributed by atoms with E-state index in [1.807, 2.05) is 0 Å². The summed E-state index contributed by atoms with van der Waals surface area (Å²) in [6, 6.07) is -0.0624. The fraction of sp³-hybridized carbons (Fsp3) is 0.625. The standard InChI is InChI=1S/C8H12N4OS/c13-7(6-3-1-2-4-9-6)11-8-12-10-5-14-8/h5-6,9H,1-4H2,(H,11,12,13)/t6-/m0/s1. The maximum Gasteiger partial charge on any atom is 0.243 e. The van der Waals surface area contributed by atoms with E-state index in [-0.39, 0.29) is 11.9 Å². The molecule has 1 amide bonds. The van der Waals surface area contributed by atoms with Crippen molar-refractivity contribution in [3.63, 3.8) is 0 Å². The molecule has 0 saturated carbocycles. The monoisotopic (exact) mass is 212 g/mol. The van der Waals surface area contributed by atoms with Crippen LogP contribution in [0, 0.1) is 0 Å².